The van der Waals surface area contributed by atoms with Gasteiger partial charge >= 0.3 is 0 Å². The summed E-state index contributed by atoms with van der Waals surface area (Å²) in [5.41, 5.74) is 6.46. The maximum absolute atomic E-state index is 5.94. The molecule has 20 heavy (non-hydrogen) atoms. The van der Waals surface area contributed by atoms with Crippen LogP contribution < -0.4 is 0 Å². The van der Waals surface area contributed by atoms with E-state index < -0.39 is 0 Å². The predicted molar refractivity (Wildman–Crippen MR) is 86.0 cm³/mol. The van der Waals surface area contributed by atoms with E-state index in [9.17, 15) is 0 Å². The Morgan fingerprint density at radius 3 is 2.50 bits per heavy atom. The lowest BCUT2D eigenvalue weighted by Crippen LogP contribution is -1.83. The molecule has 0 spiro atoms. The molecule has 0 unspecified atom stereocenters. The van der Waals surface area contributed by atoms with Crippen molar-refractivity contribution >= 4 is 27.0 Å². The van der Waals surface area contributed by atoms with Crippen molar-refractivity contribution in [3.63, 3.8) is 0 Å². The van der Waals surface area contributed by atoms with Crippen molar-refractivity contribution < 1.29 is 4.42 Å². The largest absolute Gasteiger partial charge is 0.435 e. The van der Waals surface area contributed by atoms with Crippen LogP contribution in [0.25, 0.3) is 22.6 Å². The first-order valence-corrected chi connectivity index (χ1v) is 7.55. The number of hydrogen-bond donors (Lipinski definition) is 0. The summed E-state index contributed by atoms with van der Waals surface area (Å²) in [7, 11) is 0. The van der Waals surface area contributed by atoms with Crippen LogP contribution in [0.15, 0.2) is 39.2 Å². The molecule has 0 aliphatic rings. The molecule has 102 valence electrons. The van der Waals surface area contributed by atoms with Gasteiger partial charge in [-0.2, -0.15) is 0 Å². The van der Waals surface area contributed by atoms with Gasteiger partial charge in [-0.15, -0.1) is 0 Å². The predicted octanol–water partition coefficient (Wildman–Crippen LogP) is 5.44. The van der Waals surface area contributed by atoms with Gasteiger partial charge < -0.3 is 4.42 Å². The second-order valence-corrected chi connectivity index (χ2v) is 5.84. The molecule has 0 N–H and O–H groups in total. The van der Waals surface area contributed by atoms with Crippen LogP contribution in [0.1, 0.15) is 23.6 Å². The van der Waals surface area contributed by atoms with Crippen molar-refractivity contribution in [2.45, 2.75) is 27.2 Å². The number of rotatable bonds is 2. The highest BCUT2D eigenvalue weighted by atomic mass is 79.9. The smallest absolute Gasteiger partial charge is 0.227 e. The van der Waals surface area contributed by atoms with Crippen molar-refractivity contribution in [2.24, 2.45) is 0 Å². The van der Waals surface area contributed by atoms with Crippen molar-refractivity contribution in [2.75, 3.05) is 0 Å². The van der Waals surface area contributed by atoms with Gasteiger partial charge in [0.2, 0.25) is 5.89 Å². The molecule has 2 nitrogen and oxygen atoms in total. The number of aryl methyl sites for hydroxylation is 2. The maximum atomic E-state index is 5.94. The third-order valence-electron chi connectivity index (χ3n) is 3.74. The molecule has 0 bridgehead atoms. The number of oxazole rings is 1. The van der Waals surface area contributed by atoms with Gasteiger partial charge in [-0.1, -0.05) is 19.1 Å². The Hall–Kier alpha value is -1.61. The lowest BCUT2D eigenvalue weighted by molar-refractivity contribution is 0.617. The zero-order chi connectivity index (χ0) is 14.3. The fourth-order valence-electron chi connectivity index (χ4n) is 2.25. The van der Waals surface area contributed by atoms with Crippen molar-refractivity contribution in [3.8, 4) is 11.5 Å². The summed E-state index contributed by atoms with van der Waals surface area (Å²) < 4.78 is 6.93. The van der Waals surface area contributed by atoms with Gasteiger partial charge in [-0.25, -0.2) is 4.98 Å². The SMILES string of the molecule is CCc1ccc(-c2nc3cc(C)c(C)c(Br)c3o2)cc1. The molecule has 0 aliphatic heterocycles. The third kappa shape index (κ3) is 2.16. The lowest BCUT2D eigenvalue weighted by Gasteiger charge is -2.01. The van der Waals surface area contributed by atoms with E-state index in [1.807, 2.05) is 0 Å². The van der Waals surface area contributed by atoms with E-state index in [0.29, 0.717) is 5.89 Å². The highest BCUT2D eigenvalue weighted by Gasteiger charge is 2.13. The molecular weight excluding hydrogens is 314 g/mol. The first kappa shape index (κ1) is 13.4. The average molecular weight is 330 g/mol. The van der Waals surface area contributed by atoms with E-state index in [-0.39, 0.29) is 0 Å². The van der Waals surface area contributed by atoms with E-state index >= 15 is 0 Å². The van der Waals surface area contributed by atoms with E-state index in [4.69, 9.17) is 4.42 Å². The summed E-state index contributed by atoms with van der Waals surface area (Å²) in [5.74, 6) is 0.674. The fourth-order valence-corrected chi connectivity index (χ4v) is 2.85. The van der Waals surface area contributed by atoms with Crippen LogP contribution in [0.5, 0.6) is 0 Å². The van der Waals surface area contributed by atoms with Crippen LogP contribution in [0, 0.1) is 13.8 Å². The van der Waals surface area contributed by atoms with Crippen LogP contribution in [0.4, 0.5) is 0 Å². The van der Waals surface area contributed by atoms with Crippen LogP contribution in [0.3, 0.4) is 0 Å². The normalized spacial score (nSPS) is 11.2. The summed E-state index contributed by atoms with van der Waals surface area (Å²) in [5, 5.41) is 0. The molecule has 0 radical (unpaired) electrons. The molecule has 0 amide bonds. The highest BCUT2D eigenvalue weighted by Crippen LogP contribution is 2.33. The van der Waals surface area contributed by atoms with E-state index in [0.717, 1.165) is 27.6 Å². The monoisotopic (exact) mass is 329 g/mol. The summed E-state index contributed by atoms with van der Waals surface area (Å²) >= 11 is 3.61. The minimum Gasteiger partial charge on any atom is -0.435 e. The Bertz CT molecular complexity index is 772. The average Bonchev–Trinajstić information content (AvgIpc) is 2.89. The fraction of sp³-hybridized carbons (Fsp3) is 0.235. The van der Waals surface area contributed by atoms with Crippen molar-refractivity contribution in [3.05, 3.63) is 51.5 Å². The summed E-state index contributed by atoms with van der Waals surface area (Å²) in [6, 6.07) is 10.4. The summed E-state index contributed by atoms with van der Waals surface area (Å²) in [4.78, 5) is 4.60. The molecule has 1 aromatic heterocycles. The molecule has 0 aliphatic carbocycles. The van der Waals surface area contributed by atoms with Crippen LogP contribution >= 0.6 is 15.9 Å². The number of hydrogen-bond acceptors (Lipinski definition) is 2. The quantitative estimate of drug-likeness (QED) is 0.625. The number of aromatic nitrogens is 1. The van der Waals surface area contributed by atoms with Crippen LogP contribution in [-0.2, 0) is 6.42 Å². The molecule has 3 rings (SSSR count). The molecule has 3 heteroatoms. The van der Waals surface area contributed by atoms with Gasteiger partial charge in [0.05, 0.1) is 4.47 Å². The second kappa shape index (κ2) is 5.06. The van der Waals surface area contributed by atoms with Gasteiger partial charge in [-0.3, -0.25) is 0 Å². The molecule has 0 saturated heterocycles. The number of nitrogens with zero attached hydrogens (tertiary/aromatic N) is 1. The lowest BCUT2D eigenvalue weighted by atomic mass is 10.1. The molecule has 0 atom stereocenters. The van der Waals surface area contributed by atoms with Crippen LogP contribution in [0.2, 0.25) is 0 Å². The first-order chi connectivity index (χ1) is 9.60. The Morgan fingerprint density at radius 1 is 1.15 bits per heavy atom. The summed E-state index contributed by atoms with van der Waals surface area (Å²) in [6.45, 7) is 6.32. The Balaban J connectivity index is 2.15. The zero-order valence-electron chi connectivity index (χ0n) is 11.8. The highest BCUT2D eigenvalue weighted by molar-refractivity contribution is 9.10. The van der Waals surface area contributed by atoms with Crippen molar-refractivity contribution in [1.82, 2.24) is 4.98 Å². The molecule has 2 aromatic carbocycles. The second-order valence-electron chi connectivity index (χ2n) is 5.05. The van der Waals surface area contributed by atoms with Gasteiger partial charge in [0.25, 0.3) is 0 Å². The topological polar surface area (TPSA) is 26.0 Å². The molecular formula is C17H16BrNO. The minimum atomic E-state index is 0.674. The van der Waals surface area contributed by atoms with E-state index in [2.05, 4.69) is 72.0 Å². The maximum Gasteiger partial charge on any atom is 0.227 e. The first-order valence-electron chi connectivity index (χ1n) is 6.75. The van der Waals surface area contributed by atoms with Gasteiger partial charge in [0, 0.05) is 5.56 Å². The van der Waals surface area contributed by atoms with Crippen molar-refractivity contribution in [1.29, 1.82) is 0 Å². The van der Waals surface area contributed by atoms with E-state index in [1.54, 1.807) is 0 Å². The Kier molecular flexibility index (Phi) is 3.38. The zero-order valence-corrected chi connectivity index (χ0v) is 13.4. The van der Waals surface area contributed by atoms with Crippen LogP contribution in [-0.4, -0.2) is 4.98 Å². The van der Waals surface area contributed by atoms with Gasteiger partial charge in [-0.05, 0) is 71.1 Å². The third-order valence-corrected chi connectivity index (χ3v) is 4.69. The molecule has 3 aromatic rings. The number of fused-ring (bicyclic) bond motifs is 1. The summed E-state index contributed by atoms with van der Waals surface area (Å²) in [6.07, 6.45) is 1.04. The van der Waals surface area contributed by atoms with Gasteiger partial charge in [0.15, 0.2) is 5.58 Å². The Labute approximate surface area is 127 Å². The standard InChI is InChI=1S/C17H16BrNO/c1-4-12-5-7-13(8-6-12)17-19-14-9-10(2)11(3)15(18)16(14)20-17/h5-9H,4H2,1-3H3. The minimum absolute atomic E-state index is 0.674. The molecule has 0 saturated carbocycles. The number of benzene rings is 2. The molecule has 0 fully saturated rings. The van der Waals surface area contributed by atoms with Gasteiger partial charge in [0.1, 0.15) is 5.52 Å². The number of halogens is 1. The van der Waals surface area contributed by atoms with E-state index in [1.165, 1.54) is 16.7 Å². The Morgan fingerprint density at radius 2 is 1.85 bits per heavy atom. The molecule has 1 heterocycles.